The first-order valence-electron chi connectivity index (χ1n) is 8.99. The maximum atomic E-state index is 12.9. The van der Waals surface area contributed by atoms with Crippen molar-refractivity contribution in [3.8, 4) is 0 Å². The SMILES string of the molecule is COC(=O)[C@H](C)N(Cc1ccc(Cl)c(Cl)c1)S(=O)(=O)CCNC1CCCC1. The number of ether oxygens (including phenoxy) is 1. The van der Waals surface area contributed by atoms with Crippen molar-refractivity contribution in [3.05, 3.63) is 33.8 Å². The molecule has 0 saturated heterocycles. The second kappa shape index (κ2) is 10.1. The fourth-order valence-corrected chi connectivity index (χ4v) is 5.07. The summed E-state index contributed by atoms with van der Waals surface area (Å²) in [5.74, 6) is -0.700. The van der Waals surface area contributed by atoms with Gasteiger partial charge in [0.25, 0.3) is 0 Å². The van der Waals surface area contributed by atoms with Gasteiger partial charge in [-0.25, -0.2) is 8.42 Å². The van der Waals surface area contributed by atoms with E-state index in [1.165, 1.54) is 26.9 Å². The van der Waals surface area contributed by atoms with Gasteiger partial charge in [-0.05, 0) is 37.5 Å². The highest BCUT2D eigenvalue weighted by atomic mass is 35.5. The Morgan fingerprint density at radius 1 is 1.30 bits per heavy atom. The third-order valence-electron chi connectivity index (χ3n) is 4.80. The van der Waals surface area contributed by atoms with Crippen molar-refractivity contribution >= 4 is 39.2 Å². The molecule has 27 heavy (non-hydrogen) atoms. The number of esters is 1. The van der Waals surface area contributed by atoms with Gasteiger partial charge in [-0.3, -0.25) is 4.79 Å². The summed E-state index contributed by atoms with van der Waals surface area (Å²) in [5, 5.41) is 4.01. The van der Waals surface area contributed by atoms with Gasteiger partial charge in [-0.15, -0.1) is 0 Å². The van der Waals surface area contributed by atoms with E-state index < -0.39 is 22.0 Å². The number of carbonyl (C=O) groups excluding carboxylic acids is 1. The zero-order valence-electron chi connectivity index (χ0n) is 15.6. The predicted octanol–water partition coefficient (Wildman–Crippen LogP) is 3.22. The van der Waals surface area contributed by atoms with Crippen molar-refractivity contribution < 1.29 is 17.9 Å². The third-order valence-corrected chi connectivity index (χ3v) is 7.42. The number of nitrogens with one attached hydrogen (secondary N) is 1. The number of hydrogen-bond acceptors (Lipinski definition) is 5. The quantitative estimate of drug-likeness (QED) is 0.601. The number of rotatable bonds is 9. The Balaban J connectivity index is 2.13. The molecule has 0 amide bonds. The molecule has 1 N–H and O–H groups in total. The number of methoxy groups -OCH3 is 1. The average molecular weight is 437 g/mol. The Morgan fingerprint density at radius 3 is 2.56 bits per heavy atom. The molecule has 0 radical (unpaired) electrons. The van der Waals surface area contributed by atoms with E-state index in [0.29, 0.717) is 28.2 Å². The summed E-state index contributed by atoms with van der Waals surface area (Å²) >= 11 is 12.0. The topological polar surface area (TPSA) is 75.7 Å². The van der Waals surface area contributed by atoms with Gasteiger partial charge in [-0.1, -0.05) is 42.1 Å². The Bertz CT molecular complexity index is 752. The first kappa shape index (κ1) is 22.4. The van der Waals surface area contributed by atoms with E-state index in [1.54, 1.807) is 18.2 Å². The summed E-state index contributed by atoms with van der Waals surface area (Å²) in [7, 11) is -2.46. The van der Waals surface area contributed by atoms with Crippen molar-refractivity contribution in [1.29, 1.82) is 0 Å². The molecule has 1 aromatic rings. The van der Waals surface area contributed by atoms with E-state index in [1.807, 2.05) is 0 Å². The minimum Gasteiger partial charge on any atom is -0.468 e. The van der Waals surface area contributed by atoms with Crippen LogP contribution in [-0.4, -0.2) is 50.2 Å². The Labute approximate surface area is 171 Å². The van der Waals surface area contributed by atoms with Gasteiger partial charge < -0.3 is 10.1 Å². The molecule has 1 aromatic carbocycles. The predicted molar refractivity (Wildman–Crippen MR) is 108 cm³/mol. The van der Waals surface area contributed by atoms with Gasteiger partial charge >= 0.3 is 5.97 Å². The van der Waals surface area contributed by atoms with Gasteiger partial charge in [0.1, 0.15) is 6.04 Å². The van der Waals surface area contributed by atoms with E-state index >= 15 is 0 Å². The molecule has 0 aliphatic heterocycles. The fourth-order valence-electron chi connectivity index (χ4n) is 3.22. The second-order valence-corrected chi connectivity index (χ2v) is 9.60. The molecule has 2 rings (SSSR count). The molecule has 1 aliphatic rings. The largest absolute Gasteiger partial charge is 0.468 e. The minimum atomic E-state index is -3.70. The van der Waals surface area contributed by atoms with Gasteiger partial charge in [0.05, 0.1) is 22.9 Å². The normalized spacial score (nSPS) is 16.6. The summed E-state index contributed by atoms with van der Waals surface area (Å²) in [5.41, 5.74) is 0.646. The van der Waals surface area contributed by atoms with Gasteiger partial charge in [0.2, 0.25) is 10.0 Å². The summed E-state index contributed by atoms with van der Waals surface area (Å²) in [6.07, 6.45) is 4.50. The Morgan fingerprint density at radius 2 is 1.96 bits per heavy atom. The van der Waals surface area contributed by atoms with Crippen molar-refractivity contribution in [2.75, 3.05) is 19.4 Å². The van der Waals surface area contributed by atoms with Crippen LogP contribution in [0.3, 0.4) is 0 Å². The summed E-state index contributed by atoms with van der Waals surface area (Å²) in [6.45, 7) is 1.88. The van der Waals surface area contributed by atoms with Crippen molar-refractivity contribution in [2.24, 2.45) is 0 Å². The number of sulfonamides is 1. The lowest BCUT2D eigenvalue weighted by atomic mass is 10.2. The van der Waals surface area contributed by atoms with Crippen LogP contribution in [0, 0.1) is 0 Å². The molecule has 1 atom stereocenters. The molecule has 6 nitrogen and oxygen atoms in total. The molecule has 1 saturated carbocycles. The number of carbonyl (C=O) groups is 1. The van der Waals surface area contributed by atoms with Gasteiger partial charge in [0, 0.05) is 19.1 Å². The highest BCUT2D eigenvalue weighted by molar-refractivity contribution is 7.89. The van der Waals surface area contributed by atoms with E-state index in [-0.39, 0.29) is 12.3 Å². The number of nitrogens with zero attached hydrogens (tertiary/aromatic N) is 1. The maximum absolute atomic E-state index is 12.9. The first-order chi connectivity index (χ1) is 12.7. The number of halogens is 2. The zero-order chi connectivity index (χ0) is 20.0. The fraction of sp³-hybridized carbons (Fsp3) is 0.611. The van der Waals surface area contributed by atoms with Crippen LogP contribution >= 0.6 is 23.2 Å². The molecule has 9 heteroatoms. The minimum absolute atomic E-state index is 0.0128. The molecule has 0 heterocycles. The smallest absolute Gasteiger partial charge is 0.323 e. The maximum Gasteiger partial charge on any atom is 0.323 e. The lowest BCUT2D eigenvalue weighted by molar-refractivity contribution is -0.144. The van der Waals surface area contributed by atoms with Gasteiger partial charge in [0.15, 0.2) is 0 Å². The van der Waals surface area contributed by atoms with Crippen LogP contribution in [0.4, 0.5) is 0 Å². The van der Waals surface area contributed by atoms with Crippen molar-refractivity contribution in [2.45, 2.75) is 51.2 Å². The average Bonchev–Trinajstić information content (AvgIpc) is 3.14. The lowest BCUT2D eigenvalue weighted by Crippen LogP contribution is -2.46. The molecular formula is C18H26Cl2N2O4S. The first-order valence-corrected chi connectivity index (χ1v) is 11.4. The molecule has 0 bridgehead atoms. The standard InChI is InChI=1S/C18H26Cl2N2O4S/c1-13(18(23)26-2)22(12-14-7-8-16(19)17(20)11-14)27(24,25)10-9-21-15-5-3-4-6-15/h7-8,11,13,15,21H,3-6,9-10,12H2,1-2H3/t13-/m0/s1. The van der Waals surface area contributed by atoms with E-state index in [9.17, 15) is 13.2 Å². The monoisotopic (exact) mass is 436 g/mol. The molecule has 0 spiro atoms. The number of benzene rings is 1. The van der Waals surface area contributed by atoms with Crippen LogP contribution in [0.25, 0.3) is 0 Å². The van der Waals surface area contributed by atoms with Crippen LogP contribution in [-0.2, 0) is 26.1 Å². The lowest BCUT2D eigenvalue weighted by Gasteiger charge is -2.27. The van der Waals surface area contributed by atoms with Crippen LogP contribution in [0.1, 0.15) is 38.2 Å². The Hall–Kier alpha value is -0.860. The van der Waals surface area contributed by atoms with Crippen LogP contribution in [0.5, 0.6) is 0 Å². The summed E-state index contributed by atoms with van der Waals surface area (Å²) < 4.78 is 31.8. The van der Waals surface area contributed by atoms with Crippen molar-refractivity contribution in [3.63, 3.8) is 0 Å². The molecule has 1 aliphatic carbocycles. The van der Waals surface area contributed by atoms with E-state index in [2.05, 4.69) is 5.32 Å². The van der Waals surface area contributed by atoms with Crippen LogP contribution in [0.15, 0.2) is 18.2 Å². The van der Waals surface area contributed by atoms with E-state index in [4.69, 9.17) is 27.9 Å². The number of hydrogen-bond donors (Lipinski definition) is 1. The molecular weight excluding hydrogens is 411 g/mol. The summed E-state index contributed by atoms with van der Waals surface area (Å²) in [4.78, 5) is 12.0. The highest BCUT2D eigenvalue weighted by Gasteiger charge is 2.32. The molecule has 0 unspecified atom stereocenters. The van der Waals surface area contributed by atoms with Crippen LogP contribution in [0.2, 0.25) is 10.0 Å². The van der Waals surface area contributed by atoms with E-state index in [0.717, 1.165) is 17.1 Å². The summed E-state index contributed by atoms with van der Waals surface area (Å²) in [6, 6.07) is 4.34. The van der Waals surface area contributed by atoms with Crippen LogP contribution < -0.4 is 5.32 Å². The molecule has 152 valence electrons. The second-order valence-electron chi connectivity index (χ2n) is 6.74. The molecule has 0 aromatic heterocycles. The molecule has 1 fully saturated rings. The third kappa shape index (κ3) is 6.32. The Kier molecular flexibility index (Phi) is 8.37. The van der Waals surface area contributed by atoms with Crippen molar-refractivity contribution in [1.82, 2.24) is 9.62 Å². The van der Waals surface area contributed by atoms with Gasteiger partial charge in [-0.2, -0.15) is 4.31 Å². The zero-order valence-corrected chi connectivity index (χ0v) is 17.9. The highest BCUT2D eigenvalue weighted by Crippen LogP contribution is 2.25.